The molecule has 14 rings (SSSR count). The first-order valence-electron chi connectivity index (χ1n) is 19.2. The van der Waals surface area contributed by atoms with Crippen LogP contribution in [0.1, 0.15) is 0 Å². The largest absolute Gasteiger partial charge is 0.458 e. The molecule has 8 aromatic rings. The van der Waals surface area contributed by atoms with Crippen LogP contribution in [-0.4, -0.2) is 13.4 Å². The Labute approximate surface area is 323 Å². The summed E-state index contributed by atoms with van der Waals surface area (Å²) in [5.41, 5.74) is 17.1. The van der Waals surface area contributed by atoms with E-state index in [2.05, 4.69) is 160 Å². The molecule has 8 heteroatoms. The van der Waals surface area contributed by atoms with E-state index in [1.807, 2.05) is 18.2 Å². The number of fused-ring (bicyclic) bond motifs is 14. The summed E-state index contributed by atoms with van der Waals surface area (Å²) in [6.07, 6.45) is 0. The topological polar surface area (TPSA) is 37.4 Å². The zero-order chi connectivity index (χ0) is 36.2. The molecule has 0 fully saturated rings. The molecule has 8 aromatic carbocycles. The second-order valence-electron chi connectivity index (χ2n) is 15.2. The maximum atomic E-state index is 7.08. The van der Waals surface area contributed by atoms with Crippen LogP contribution in [0.4, 0.5) is 51.2 Å². The van der Waals surface area contributed by atoms with E-state index >= 15 is 0 Å². The molecule has 0 aliphatic carbocycles. The van der Waals surface area contributed by atoms with Gasteiger partial charge in [-0.3, -0.25) is 0 Å². The number of nitrogens with zero attached hydrogens (tertiary/aromatic N) is 3. The maximum absolute atomic E-state index is 7.08. The summed E-state index contributed by atoms with van der Waals surface area (Å²) in [7, 11) is 0. The predicted octanol–water partition coefficient (Wildman–Crippen LogP) is 8.39. The molecule has 0 amide bonds. The van der Waals surface area contributed by atoms with Gasteiger partial charge in [0.1, 0.15) is 11.5 Å². The number of hydrogen-bond donors (Lipinski definition) is 0. The van der Waals surface area contributed by atoms with E-state index in [0.717, 1.165) is 90.9 Å². The van der Waals surface area contributed by atoms with Gasteiger partial charge < -0.3 is 28.9 Å². The third-order valence-electron chi connectivity index (χ3n) is 12.4. The van der Waals surface area contributed by atoms with Crippen LogP contribution >= 0.6 is 0 Å². The Morgan fingerprint density at radius 1 is 0.304 bits per heavy atom. The first-order valence-corrected chi connectivity index (χ1v) is 19.2. The summed E-state index contributed by atoms with van der Waals surface area (Å²) in [4.78, 5) is 7.21. The molecule has 0 aromatic heterocycles. The Morgan fingerprint density at radius 3 is 1.50 bits per heavy atom. The van der Waals surface area contributed by atoms with Gasteiger partial charge in [0.15, 0.2) is 23.0 Å². The van der Waals surface area contributed by atoms with Crippen molar-refractivity contribution in [1.29, 1.82) is 0 Å². The molecule has 6 aliphatic rings. The van der Waals surface area contributed by atoms with Crippen molar-refractivity contribution < 1.29 is 14.2 Å². The van der Waals surface area contributed by atoms with Crippen molar-refractivity contribution in [3.05, 3.63) is 164 Å². The quantitative estimate of drug-likeness (QED) is 0.159. The number of ether oxygens (including phenoxy) is 3. The lowest BCUT2D eigenvalue weighted by molar-refractivity contribution is 0.468. The average Bonchev–Trinajstić information content (AvgIpc) is 3.26. The van der Waals surface area contributed by atoms with Gasteiger partial charge in [-0.2, -0.15) is 0 Å². The summed E-state index contributed by atoms with van der Waals surface area (Å²) < 4.78 is 20.4. The number of hydrogen-bond acceptors (Lipinski definition) is 6. The smallest absolute Gasteiger partial charge is 0.256 e. The third kappa shape index (κ3) is 3.51. The Kier molecular flexibility index (Phi) is 5.33. The molecule has 0 atom stereocenters. The van der Waals surface area contributed by atoms with Gasteiger partial charge in [0, 0.05) is 40.0 Å². The van der Waals surface area contributed by atoms with Crippen molar-refractivity contribution in [3.8, 4) is 34.5 Å². The van der Waals surface area contributed by atoms with Crippen LogP contribution in [0.15, 0.2) is 164 Å². The lowest BCUT2D eigenvalue weighted by Crippen LogP contribution is -2.64. The minimum atomic E-state index is -0.0721. The first-order chi connectivity index (χ1) is 27.8. The minimum Gasteiger partial charge on any atom is -0.458 e. The van der Waals surface area contributed by atoms with E-state index in [1.165, 1.54) is 27.5 Å². The molecule has 56 heavy (non-hydrogen) atoms. The molecule has 0 N–H and O–H groups in total. The van der Waals surface area contributed by atoms with Crippen LogP contribution in [0.5, 0.6) is 34.5 Å². The van der Waals surface area contributed by atoms with Crippen LogP contribution in [0.25, 0.3) is 0 Å². The second-order valence-corrected chi connectivity index (χ2v) is 15.2. The van der Waals surface area contributed by atoms with Gasteiger partial charge in [-0.25, -0.2) is 0 Å². The number of para-hydroxylation sites is 7. The fourth-order valence-electron chi connectivity index (χ4n) is 10.3. The monoisotopic (exact) mass is 715 g/mol. The maximum Gasteiger partial charge on any atom is 0.256 e. The van der Waals surface area contributed by atoms with Crippen LogP contribution in [0.3, 0.4) is 0 Å². The van der Waals surface area contributed by atoms with Crippen LogP contribution in [0, 0.1) is 0 Å². The molecule has 0 unspecified atom stereocenters. The van der Waals surface area contributed by atoms with Crippen molar-refractivity contribution in [2.45, 2.75) is 0 Å². The van der Waals surface area contributed by atoms with Crippen molar-refractivity contribution in [3.63, 3.8) is 0 Å². The minimum absolute atomic E-state index is 0.0573. The number of benzene rings is 8. The SMILES string of the molecule is c1ccc(N2c3cc4c(cc3B3c5ccccc5N5c6ccccc6Oc6ccc2c3c65)B2c3ccccc3N3c5ccccc5Oc5ccc(c2c53)O4)cc1. The summed E-state index contributed by atoms with van der Waals surface area (Å²) in [5.74, 6) is 5.13. The van der Waals surface area contributed by atoms with E-state index < -0.39 is 0 Å². The highest BCUT2D eigenvalue weighted by Gasteiger charge is 2.49. The van der Waals surface area contributed by atoms with Crippen molar-refractivity contribution in [2.24, 2.45) is 0 Å². The van der Waals surface area contributed by atoms with Crippen molar-refractivity contribution in [1.82, 2.24) is 0 Å². The van der Waals surface area contributed by atoms with E-state index in [4.69, 9.17) is 14.2 Å². The Bertz CT molecular complexity index is 3080. The number of anilines is 9. The molecule has 6 aliphatic heterocycles. The third-order valence-corrected chi connectivity index (χ3v) is 12.4. The van der Waals surface area contributed by atoms with Gasteiger partial charge in [0.2, 0.25) is 0 Å². The highest BCUT2D eigenvalue weighted by atomic mass is 16.5. The van der Waals surface area contributed by atoms with Gasteiger partial charge >= 0.3 is 0 Å². The van der Waals surface area contributed by atoms with Gasteiger partial charge in [0.25, 0.3) is 13.4 Å². The van der Waals surface area contributed by atoms with Gasteiger partial charge in [-0.1, -0.05) is 84.9 Å². The average molecular weight is 715 g/mol. The van der Waals surface area contributed by atoms with Crippen molar-refractivity contribution in [2.75, 3.05) is 14.7 Å². The second kappa shape index (κ2) is 10.3. The summed E-state index contributed by atoms with van der Waals surface area (Å²) >= 11 is 0. The van der Waals surface area contributed by atoms with Gasteiger partial charge in [0.05, 0.1) is 22.7 Å². The van der Waals surface area contributed by atoms with E-state index in [9.17, 15) is 0 Å². The van der Waals surface area contributed by atoms with Crippen LogP contribution in [-0.2, 0) is 0 Å². The standard InChI is InChI=1S/C48H27B2N3O3/c1-2-12-28(13-3-1)51-37-22-23-42-47-45(37)49(29-14-4-6-16-33(29)52(47)35-18-8-10-20-39(35)54-42)31-26-32-44(27-38(31)51)56-41-24-25-43-48-46(41)50(32)30-15-5-7-17-34(30)53(48)36-19-9-11-21-40(36)55-43/h1-27H. The summed E-state index contributed by atoms with van der Waals surface area (Å²) in [5, 5.41) is 0. The molecule has 0 bridgehead atoms. The molecule has 0 spiro atoms. The molecule has 0 saturated carbocycles. The first kappa shape index (κ1) is 29.1. The molecule has 258 valence electrons. The van der Waals surface area contributed by atoms with Gasteiger partial charge in [-0.05, 0) is 100 Å². The molecule has 6 nitrogen and oxygen atoms in total. The lowest BCUT2D eigenvalue weighted by atomic mass is 9.30. The van der Waals surface area contributed by atoms with Crippen LogP contribution in [0.2, 0.25) is 0 Å². The number of rotatable bonds is 1. The molecular weight excluding hydrogens is 688 g/mol. The van der Waals surface area contributed by atoms with Gasteiger partial charge in [-0.15, -0.1) is 0 Å². The predicted molar refractivity (Wildman–Crippen MR) is 226 cm³/mol. The highest BCUT2D eigenvalue weighted by molar-refractivity contribution is 7.02. The molecule has 6 heterocycles. The normalized spacial score (nSPS) is 14.7. The van der Waals surface area contributed by atoms with Crippen LogP contribution < -0.4 is 61.7 Å². The summed E-state index contributed by atoms with van der Waals surface area (Å²) in [6, 6.07) is 58.4. The molecule has 0 saturated heterocycles. The highest BCUT2D eigenvalue weighted by Crippen LogP contribution is 2.55. The Balaban J connectivity index is 1.06. The van der Waals surface area contributed by atoms with E-state index in [0.29, 0.717) is 0 Å². The Hall–Kier alpha value is -7.31. The molecule has 0 radical (unpaired) electrons. The lowest BCUT2D eigenvalue weighted by Gasteiger charge is -2.47. The molecular formula is C48H27B2N3O3. The zero-order valence-corrected chi connectivity index (χ0v) is 29.8. The van der Waals surface area contributed by atoms with E-state index in [1.54, 1.807) is 0 Å². The fraction of sp³-hybridized carbons (Fsp3) is 0. The zero-order valence-electron chi connectivity index (χ0n) is 29.8. The van der Waals surface area contributed by atoms with E-state index in [-0.39, 0.29) is 13.4 Å². The Morgan fingerprint density at radius 2 is 0.821 bits per heavy atom. The summed E-state index contributed by atoms with van der Waals surface area (Å²) in [6.45, 7) is -0.129. The van der Waals surface area contributed by atoms with Crippen molar-refractivity contribution >= 4 is 97.4 Å². The fourth-order valence-corrected chi connectivity index (χ4v) is 10.3.